The second-order valence-electron chi connectivity index (χ2n) is 6.60. The molecule has 1 aliphatic carbocycles. The van der Waals surface area contributed by atoms with Gasteiger partial charge in [-0.3, -0.25) is 9.59 Å². The number of nitrogens with two attached hydrogens (primary N) is 1. The number of fused-ring (bicyclic) bond motifs is 1. The summed E-state index contributed by atoms with van der Waals surface area (Å²) in [6.07, 6.45) is -5.89. The van der Waals surface area contributed by atoms with E-state index in [9.17, 15) is 49.1 Å². The normalized spacial score (nSPS) is 18.3. The number of anilines is 1. The zero-order chi connectivity index (χ0) is 22.6. The summed E-state index contributed by atoms with van der Waals surface area (Å²) >= 11 is 0.541. The molecule has 0 fully saturated rings. The van der Waals surface area contributed by atoms with Gasteiger partial charge in [-0.25, -0.2) is 0 Å². The van der Waals surface area contributed by atoms with Gasteiger partial charge in [0.2, 0.25) is 0 Å². The number of primary amides is 1. The van der Waals surface area contributed by atoms with Crippen LogP contribution >= 0.6 is 11.3 Å². The van der Waals surface area contributed by atoms with Crippen LogP contribution in [-0.2, 0) is 17.6 Å². The molecule has 0 saturated carbocycles. The minimum Gasteiger partial charge on any atom is -0.365 e. The standard InChI is InChI=1S/C15H13F9N2O2S/c1-5-2-3-6-7(4-5)29-10(8(6)9(25)27)26-11(28)12(16,17)13(18,19)14(20,21)15(22,23)24/h5H,2-4H2,1H3,(H2,25,27)(H,26,28). The van der Waals surface area contributed by atoms with Gasteiger partial charge in [0.25, 0.3) is 5.91 Å². The van der Waals surface area contributed by atoms with Crippen LogP contribution in [0.15, 0.2) is 0 Å². The monoisotopic (exact) mass is 456 g/mol. The van der Waals surface area contributed by atoms with Crippen LogP contribution in [0.4, 0.5) is 44.5 Å². The number of alkyl halides is 9. The highest BCUT2D eigenvalue weighted by Crippen LogP contribution is 2.53. The van der Waals surface area contributed by atoms with Crippen LogP contribution in [0.2, 0.25) is 0 Å². The highest BCUT2D eigenvalue weighted by molar-refractivity contribution is 7.17. The predicted molar refractivity (Wildman–Crippen MR) is 83.6 cm³/mol. The Morgan fingerprint density at radius 2 is 1.59 bits per heavy atom. The molecule has 3 N–H and O–H groups in total. The maximum absolute atomic E-state index is 13.7. The molecule has 1 unspecified atom stereocenters. The van der Waals surface area contributed by atoms with Crippen LogP contribution in [0, 0.1) is 5.92 Å². The van der Waals surface area contributed by atoms with Gasteiger partial charge in [0, 0.05) is 4.88 Å². The Morgan fingerprint density at radius 3 is 2.07 bits per heavy atom. The Bertz CT molecular complexity index is 832. The summed E-state index contributed by atoms with van der Waals surface area (Å²) in [5.74, 6) is -25.0. The summed E-state index contributed by atoms with van der Waals surface area (Å²) in [6, 6.07) is 0. The van der Waals surface area contributed by atoms with Crippen LogP contribution in [-0.4, -0.2) is 35.8 Å². The van der Waals surface area contributed by atoms with Crippen molar-refractivity contribution in [3.8, 4) is 0 Å². The largest absolute Gasteiger partial charge is 0.460 e. The third-order valence-electron chi connectivity index (χ3n) is 4.42. The number of hydrogen-bond donors (Lipinski definition) is 2. The minimum absolute atomic E-state index is 0.0988. The second kappa shape index (κ2) is 7.06. The molecule has 1 heterocycles. The number of carbonyl (C=O) groups excluding carboxylic acids is 2. The Labute approximate surface area is 161 Å². The van der Waals surface area contributed by atoms with Gasteiger partial charge in [0.15, 0.2) is 0 Å². The van der Waals surface area contributed by atoms with E-state index in [-0.39, 0.29) is 17.9 Å². The molecule has 0 saturated heterocycles. The van der Waals surface area contributed by atoms with Crippen molar-refractivity contribution in [2.45, 2.75) is 50.1 Å². The van der Waals surface area contributed by atoms with E-state index in [0.29, 0.717) is 29.1 Å². The van der Waals surface area contributed by atoms with Crippen LogP contribution < -0.4 is 11.1 Å². The van der Waals surface area contributed by atoms with Crippen LogP contribution in [0.5, 0.6) is 0 Å². The highest BCUT2D eigenvalue weighted by Gasteiger charge is 2.83. The summed E-state index contributed by atoms with van der Waals surface area (Å²) in [6.45, 7) is 1.82. The Hall–Kier alpha value is -1.99. The van der Waals surface area contributed by atoms with Crippen molar-refractivity contribution < 1.29 is 49.1 Å². The lowest BCUT2D eigenvalue weighted by Crippen LogP contribution is -2.64. The molecule has 164 valence electrons. The number of halogens is 9. The molecule has 14 heteroatoms. The molecular weight excluding hydrogens is 443 g/mol. The van der Waals surface area contributed by atoms with Gasteiger partial charge in [0.1, 0.15) is 5.00 Å². The summed E-state index contributed by atoms with van der Waals surface area (Å²) in [7, 11) is 0. The average Bonchev–Trinajstić information content (AvgIpc) is 2.90. The Kier molecular flexibility index (Phi) is 5.67. The molecule has 2 amide bonds. The van der Waals surface area contributed by atoms with E-state index in [0.717, 1.165) is 0 Å². The maximum Gasteiger partial charge on any atom is 0.460 e. The molecule has 2 rings (SSSR count). The molecule has 0 aromatic carbocycles. The zero-order valence-electron chi connectivity index (χ0n) is 14.4. The van der Waals surface area contributed by atoms with Gasteiger partial charge < -0.3 is 11.1 Å². The lowest BCUT2D eigenvalue weighted by molar-refractivity contribution is -0.388. The first kappa shape index (κ1) is 23.3. The summed E-state index contributed by atoms with van der Waals surface area (Å²) in [5, 5.41) is 0.467. The molecule has 1 atom stereocenters. The van der Waals surface area contributed by atoms with Gasteiger partial charge in [-0.15, -0.1) is 11.3 Å². The summed E-state index contributed by atoms with van der Waals surface area (Å²) < 4.78 is 117. The first-order chi connectivity index (χ1) is 12.9. The predicted octanol–water partition coefficient (Wildman–Crippen LogP) is 4.38. The van der Waals surface area contributed by atoms with Crippen molar-refractivity contribution in [2.75, 3.05) is 5.32 Å². The van der Waals surface area contributed by atoms with Crippen molar-refractivity contribution in [3.63, 3.8) is 0 Å². The molecule has 1 aliphatic rings. The topological polar surface area (TPSA) is 72.2 Å². The zero-order valence-corrected chi connectivity index (χ0v) is 15.2. The van der Waals surface area contributed by atoms with Crippen molar-refractivity contribution in [2.24, 2.45) is 11.7 Å². The number of amides is 2. The van der Waals surface area contributed by atoms with Gasteiger partial charge in [-0.2, -0.15) is 39.5 Å². The third-order valence-corrected chi connectivity index (χ3v) is 5.58. The molecule has 0 bridgehead atoms. The third kappa shape index (κ3) is 3.66. The maximum atomic E-state index is 13.7. The summed E-state index contributed by atoms with van der Waals surface area (Å²) in [5.41, 5.74) is 4.94. The lowest BCUT2D eigenvalue weighted by atomic mass is 9.88. The fourth-order valence-corrected chi connectivity index (χ4v) is 4.21. The van der Waals surface area contributed by atoms with Crippen LogP contribution in [0.25, 0.3) is 0 Å². The SMILES string of the molecule is CC1CCc2c(sc(NC(=O)C(F)(F)C(F)(F)C(F)(F)C(F)(F)F)c2C(N)=O)C1. The van der Waals surface area contributed by atoms with E-state index in [1.54, 1.807) is 0 Å². The average molecular weight is 456 g/mol. The first-order valence-electron chi connectivity index (χ1n) is 7.91. The first-order valence-corrected chi connectivity index (χ1v) is 8.72. The van der Waals surface area contributed by atoms with Crippen molar-refractivity contribution in [1.82, 2.24) is 0 Å². The van der Waals surface area contributed by atoms with E-state index in [1.165, 1.54) is 5.32 Å². The second-order valence-corrected chi connectivity index (χ2v) is 7.70. The fourth-order valence-electron chi connectivity index (χ4n) is 2.80. The summed E-state index contributed by atoms with van der Waals surface area (Å²) in [4.78, 5) is 23.7. The highest BCUT2D eigenvalue weighted by atomic mass is 32.1. The van der Waals surface area contributed by atoms with E-state index >= 15 is 0 Å². The van der Waals surface area contributed by atoms with E-state index in [4.69, 9.17) is 5.73 Å². The lowest BCUT2D eigenvalue weighted by Gasteiger charge is -2.32. The number of carbonyl (C=O) groups is 2. The van der Waals surface area contributed by atoms with Crippen molar-refractivity contribution in [3.05, 3.63) is 16.0 Å². The Morgan fingerprint density at radius 1 is 1.03 bits per heavy atom. The fraction of sp³-hybridized carbons (Fsp3) is 0.600. The van der Waals surface area contributed by atoms with Crippen molar-refractivity contribution in [1.29, 1.82) is 0 Å². The van der Waals surface area contributed by atoms with Gasteiger partial charge in [-0.05, 0) is 30.7 Å². The quantitative estimate of drug-likeness (QED) is 0.646. The van der Waals surface area contributed by atoms with Gasteiger partial charge in [0.05, 0.1) is 5.56 Å². The molecule has 4 nitrogen and oxygen atoms in total. The van der Waals surface area contributed by atoms with Gasteiger partial charge >= 0.3 is 29.9 Å². The van der Waals surface area contributed by atoms with E-state index in [1.807, 2.05) is 6.92 Å². The number of hydrogen-bond acceptors (Lipinski definition) is 3. The smallest absolute Gasteiger partial charge is 0.365 e. The van der Waals surface area contributed by atoms with Crippen LogP contribution in [0.1, 0.15) is 34.1 Å². The molecule has 0 radical (unpaired) electrons. The molecule has 0 spiro atoms. The minimum atomic E-state index is -7.20. The number of rotatable bonds is 5. The molecule has 1 aromatic rings. The van der Waals surface area contributed by atoms with Crippen LogP contribution in [0.3, 0.4) is 0 Å². The van der Waals surface area contributed by atoms with Gasteiger partial charge in [-0.1, -0.05) is 6.92 Å². The molecule has 1 aromatic heterocycles. The number of thiophene rings is 1. The Balaban J connectivity index is 2.43. The molecule has 29 heavy (non-hydrogen) atoms. The molecular formula is C15H13F9N2O2S. The number of nitrogens with one attached hydrogen (secondary N) is 1. The molecule has 0 aliphatic heterocycles. The van der Waals surface area contributed by atoms with E-state index in [2.05, 4.69) is 0 Å². The van der Waals surface area contributed by atoms with E-state index < -0.39 is 46.3 Å². The van der Waals surface area contributed by atoms with Crippen molar-refractivity contribution >= 4 is 28.2 Å².